The molecule has 0 spiro atoms. The van der Waals surface area contributed by atoms with Gasteiger partial charge >= 0.3 is 0 Å². The van der Waals surface area contributed by atoms with Crippen molar-refractivity contribution in [1.82, 2.24) is 4.98 Å². The SMILES string of the molecule is CCCOc1nc(Oc2ccc(CCC)cc2)ccc1N. The third-order valence-electron chi connectivity index (χ3n) is 2.99. The number of pyridine rings is 1. The molecule has 0 fully saturated rings. The summed E-state index contributed by atoms with van der Waals surface area (Å²) in [6.07, 6.45) is 3.12. The summed E-state index contributed by atoms with van der Waals surface area (Å²) in [7, 11) is 0. The van der Waals surface area contributed by atoms with Crippen LogP contribution in [-0.4, -0.2) is 11.6 Å². The van der Waals surface area contributed by atoms with E-state index in [0.717, 1.165) is 25.0 Å². The van der Waals surface area contributed by atoms with Gasteiger partial charge in [0.15, 0.2) is 0 Å². The van der Waals surface area contributed by atoms with E-state index in [4.69, 9.17) is 15.2 Å². The zero-order valence-corrected chi connectivity index (χ0v) is 12.6. The van der Waals surface area contributed by atoms with Gasteiger partial charge in [0.25, 0.3) is 0 Å². The van der Waals surface area contributed by atoms with E-state index >= 15 is 0 Å². The minimum Gasteiger partial charge on any atom is -0.476 e. The second kappa shape index (κ2) is 7.53. The molecule has 1 aromatic heterocycles. The Kier molecular flexibility index (Phi) is 5.43. The number of aromatic nitrogens is 1. The van der Waals surface area contributed by atoms with E-state index in [0.29, 0.717) is 24.1 Å². The fourth-order valence-electron chi connectivity index (χ4n) is 1.94. The predicted octanol–water partition coefficient (Wildman–Crippen LogP) is 4.20. The van der Waals surface area contributed by atoms with Gasteiger partial charge in [0, 0.05) is 6.07 Å². The summed E-state index contributed by atoms with van der Waals surface area (Å²) >= 11 is 0. The highest BCUT2D eigenvalue weighted by atomic mass is 16.5. The van der Waals surface area contributed by atoms with E-state index in [1.54, 1.807) is 12.1 Å². The second-order valence-electron chi connectivity index (χ2n) is 4.89. The third-order valence-corrected chi connectivity index (χ3v) is 2.99. The molecule has 21 heavy (non-hydrogen) atoms. The van der Waals surface area contributed by atoms with Crippen molar-refractivity contribution < 1.29 is 9.47 Å². The zero-order chi connectivity index (χ0) is 15.1. The molecule has 0 saturated carbocycles. The zero-order valence-electron chi connectivity index (χ0n) is 12.6. The molecule has 0 aliphatic carbocycles. The fourth-order valence-corrected chi connectivity index (χ4v) is 1.94. The molecule has 0 aliphatic rings. The summed E-state index contributed by atoms with van der Waals surface area (Å²) < 4.78 is 11.2. The maximum Gasteiger partial charge on any atom is 0.240 e. The third kappa shape index (κ3) is 4.38. The number of hydrogen-bond donors (Lipinski definition) is 1. The van der Waals surface area contributed by atoms with Gasteiger partial charge in [0.1, 0.15) is 5.75 Å². The number of nitrogen functional groups attached to an aromatic ring is 1. The fraction of sp³-hybridized carbons (Fsp3) is 0.353. The van der Waals surface area contributed by atoms with Gasteiger partial charge < -0.3 is 15.2 Å². The van der Waals surface area contributed by atoms with Crippen LogP contribution in [0.5, 0.6) is 17.5 Å². The van der Waals surface area contributed by atoms with E-state index in [1.807, 2.05) is 19.1 Å². The van der Waals surface area contributed by atoms with Crippen molar-refractivity contribution in [3.05, 3.63) is 42.0 Å². The number of nitrogens with zero attached hydrogens (tertiary/aromatic N) is 1. The molecule has 2 N–H and O–H groups in total. The molecule has 1 heterocycles. The molecule has 112 valence electrons. The van der Waals surface area contributed by atoms with Crippen molar-refractivity contribution in [1.29, 1.82) is 0 Å². The summed E-state index contributed by atoms with van der Waals surface area (Å²) in [5.41, 5.74) is 7.66. The van der Waals surface area contributed by atoms with E-state index < -0.39 is 0 Å². The normalized spacial score (nSPS) is 10.4. The summed E-state index contributed by atoms with van der Waals surface area (Å²) in [4.78, 5) is 4.29. The van der Waals surface area contributed by atoms with Crippen LogP contribution in [0.4, 0.5) is 5.69 Å². The van der Waals surface area contributed by atoms with Crippen molar-refractivity contribution >= 4 is 5.69 Å². The highest BCUT2D eigenvalue weighted by Gasteiger charge is 2.06. The number of aryl methyl sites for hydroxylation is 1. The first-order chi connectivity index (χ1) is 10.2. The predicted molar refractivity (Wildman–Crippen MR) is 84.9 cm³/mol. The largest absolute Gasteiger partial charge is 0.476 e. The molecule has 2 aromatic rings. The molecular weight excluding hydrogens is 264 g/mol. The maximum atomic E-state index is 5.83. The van der Waals surface area contributed by atoms with Crippen LogP contribution >= 0.6 is 0 Å². The van der Waals surface area contributed by atoms with Crippen LogP contribution in [0.15, 0.2) is 36.4 Å². The Balaban J connectivity index is 2.08. The molecule has 0 bridgehead atoms. The van der Waals surface area contributed by atoms with Crippen LogP contribution in [0.3, 0.4) is 0 Å². The minimum atomic E-state index is 0.428. The van der Waals surface area contributed by atoms with Gasteiger partial charge in [0.2, 0.25) is 11.8 Å². The van der Waals surface area contributed by atoms with Gasteiger partial charge in [-0.05, 0) is 36.6 Å². The van der Waals surface area contributed by atoms with Crippen LogP contribution in [0, 0.1) is 0 Å². The molecule has 0 amide bonds. The van der Waals surface area contributed by atoms with Crippen molar-refractivity contribution in [3.8, 4) is 17.5 Å². The summed E-state index contributed by atoms with van der Waals surface area (Å²) in [5, 5.41) is 0. The number of anilines is 1. The second-order valence-corrected chi connectivity index (χ2v) is 4.89. The Labute approximate surface area is 125 Å². The van der Waals surface area contributed by atoms with Crippen LogP contribution in [-0.2, 0) is 6.42 Å². The first kappa shape index (κ1) is 15.2. The molecule has 0 aliphatic heterocycles. The van der Waals surface area contributed by atoms with Crippen LogP contribution < -0.4 is 15.2 Å². The van der Waals surface area contributed by atoms with E-state index in [2.05, 4.69) is 24.0 Å². The highest BCUT2D eigenvalue weighted by Crippen LogP contribution is 2.26. The Hall–Kier alpha value is -2.23. The van der Waals surface area contributed by atoms with Gasteiger partial charge in [-0.2, -0.15) is 4.98 Å². The van der Waals surface area contributed by atoms with Crippen LogP contribution in [0.1, 0.15) is 32.3 Å². The molecule has 4 nitrogen and oxygen atoms in total. The van der Waals surface area contributed by atoms with Crippen molar-refractivity contribution in [2.75, 3.05) is 12.3 Å². The van der Waals surface area contributed by atoms with Crippen LogP contribution in [0.2, 0.25) is 0 Å². The number of benzene rings is 1. The lowest BCUT2D eigenvalue weighted by atomic mass is 10.1. The molecule has 1 aromatic carbocycles. The van der Waals surface area contributed by atoms with Crippen molar-refractivity contribution in [3.63, 3.8) is 0 Å². The first-order valence-corrected chi connectivity index (χ1v) is 7.39. The minimum absolute atomic E-state index is 0.428. The summed E-state index contributed by atoms with van der Waals surface area (Å²) in [6, 6.07) is 11.5. The molecule has 4 heteroatoms. The average molecular weight is 286 g/mol. The van der Waals surface area contributed by atoms with Crippen molar-refractivity contribution in [2.24, 2.45) is 0 Å². The summed E-state index contributed by atoms with van der Waals surface area (Å²) in [5.74, 6) is 1.67. The Morgan fingerprint density at radius 3 is 2.43 bits per heavy atom. The molecule has 0 radical (unpaired) electrons. The summed E-state index contributed by atoms with van der Waals surface area (Å²) in [6.45, 7) is 4.79. The molecule has 0 unspecified atom stereocenters. The highest BCUT2D eigenvalue weighted by molar-refractivity contribution is 5.49. The Morgan fingerprint density at radius 1 is 1.00 bits per heavy atom. The number of nitrogens with two attached hydrogens (primary N) is 1. The average Bonchev–Trinajstić information content (AvgIpc) is 2.50. The van der Waals surface area contributed by atoms with Gasteiger partial charge in [-0.3, -0.25) is 0 Å². The van der Waals surface area contributed by atoms with E-state index in [-0.39, 0.29) is 0 Å². The maximum absolute atomic E-state index is 5.83. The van der Waals surface area contributed by atoms with Crippen LogP contribution in [0.25, 0.3) is 0 Å². The number of ether oxygens (including phenoxy) is 2. The lowest BCUT2D eigenvalue weighted by Crippen LogP contribution is -2.02. The number of rotatable bonds is 7. The lowest BCUT2D eigenvalue weighted by Gasteiger charge is -2.10. The molecule has 0 atom stereocenters. The Bertz CT molecular complexity index is 568. The molecule has 2 rings (SSSR count). The van der Waals surface area contributed by atoms with Crippen molar-refractivity contribution in [2.45, 2.75) is 33.1 Å². The monoisotopic (exact) mass is 286 g/mol. The molecule has 0 saturated heterocycles. The molecular formula is C17H22N2O2. The Morgan fingerprint density at radius 2 is 1.76 bits per heavy atom. The quantitative estimate of drug-likeness (QED) is 0.828. The topological polar surface area (TPSA) is 57.4 Å². The van der Waals surface area contributed by atoms with E-state index in [9.17, 15) is 0 Å². The number of hydrogen-bond acceptors (Lipinski definition) is 4. The lowest BCUT2D eigenvalue weighted by molar-refractivity contribution is 0.302. The van der Waals surface area contributed by atoms with Gasteiger partial charge in [-0.25, -0.2) is 0 Å². The van der Waals surface area contributed by atoms with Gasteiger partial charge in [-0.1, -0.05) is 32.4 Å². The van der Waals surface area contributed by atoms with Gasteiger partial charge in [0.05, 0.1) is 12.3 Å². The first-order valence-electron chi connectivity index (χ1n) is 7.39. The van der Waals surface area contributed by atoms with E-state index in [1.165, 1.54) is 5.56 Å². The van der Waals surface area contributed by atoms with Gasteiger partial charge in [-0.15, -0.1) is 0 Å². The standard InChI is InChI=1S/C17H22N2O2/c1-3-5-13-6-8-14(9-7-13)21-16-11-10-15(18)17(19-16)20-12-4-2/h6-11H,3-5,12,18H2,1-2H3. The smallest absolute Gasteiger partial charge is 0.240 e.